The molecule has 0 radical (unpaired) electrons. The molecule has 0 spiro atoms. The van der Waals surface area contributed by atoms with Crippen LogP contribution in [0.1, 0.15) is 5.56 Å². The number of alkyl halides is 2. The van der Waals surface area contributed by atoms with Crippen molar-refractivity contribution < 1.29 is 21.9 Å². The first-order chi connectivity index (χ1) is 9.72. The molecule has 0 aliphatic rings. The third-order valence-electron chi connectivity index (χ3n) is 2.65. The molecule has 1 aromatic rings. The van der Waals surface area contributed by atoms with Gasteiger partial charge in [-0.2, -0.15) is 8.78 Å². The Morgan fingerprint density at radius 3 is 2.62 bits per heavy atom. The fourth-order valence-electron chi connectivity index (χ4n) is 1.50. The molecule has 0 aromatic heterocycles. The highest BCUT2D eigenvalue weighted by atomic mass is 79.9. The van der Waals surface area contributed by atoms with Gasteiger partial charge in [0.2, 0.25) is 10.0 Å². The first kappa shape index (κ1) is 18.3. The van der Waals surface area contributed by atoms with E-state index < -0.39 is 16.6 Å². The normalized spacial score (nSPS) is 12.1. The van der Waals surface area contributed by atoms with Crippen LogP contribution in [0.15, 0.2) is 22.7 Å². The summed E-state index contributed by atoms with van der Waals surface area (Å²) in [6.07, 6.45) is 0. The van der Waals surface area contributed by atoms with Gasteiger partial charge in [-0.05, 0) is 18.2 Å². The van der Waals surface area contributed by atoms with E-state index in [1.54, 1.807) is 12.1 Å². The summed E-state index contributed by atoms with van der Waals surface area (Å²) >= 11 is 3.25. The van der Waals surface area contributed by atoms with Gasteiger partial charge in [-0.25, -0.2) is 12.7 Å². The maximum atomic E-state index is 12.3. The fraction of sp³-hybridized carbons (Fsp3) is 0.500. The molecule has 1 N–H and O–H groups in total. The first-order valence-electron chi connectivity index (χ1n) is 6.06. The molecule has 9 heteroatoms. The molecule has 1 rings (SSSR count). The minimum atomic E-state index is -3.28. The van der Waals surface area contributed by atoms with Gasteiger partial charge < -0.3 is 10.1 Å². The maximum Gasteiger partial charge on any atom is 0.387 e. The Morgan fingerprint density at radius 2 is 2.05 bits per heavy atom. The summed E-state index contributed by atoms with van der Waals surface area (Å²) in [6, 6.07) is 4.67. The minimum Gasteiger partial charge on any atom is -0.434 e. The van der Waals surface area contributed by atoms with Gasteiger partial charge in [0.15, 0.2) is 0 Å². The van der Waals surface area contributed by atoms with Gasteiger partial charge in [0.05, 0.1) is 5.75 Å². The van der Waals surface area contributed by atoms with Crippen molar-refractivity contribution in [1.29, 1.82) is 0 Å². The molecule has 0 unspecified atom stereocenters. The van der Waals surface area contributed by atoms with E-state index in [4.69, 9.17) is 0 Å². The zero-order chi connectivity index (χ0) is 16.0. The largest absolute Gasteiger partial charge is 0.434 e. The van der Waals surface area contributed by atoms with E-state index >= 15 is 0 Å². The van der Waals surface area contributed by atoms with Crippen molar-refractivity contribution in [3.63, 3.8) is 0 Å². The Kier molecular flexibility index (Phi) is 6.98. The maximum absolute atomic E-state index is 12.3. The summed E-state index contributed by atoms with van der Waals surface area (Å²) < 4.78 is 54.0. The Balaban J connectivity index is 2.61. The van der Waals surface area contributed by atoms with Gasteiger partial charge >= 0.3 is 6.61 Å². The lowest BCUT2D eigenvalue weighted by molar-refractivity contribution is -0.0505. The zero-order valence-electron chi connectivity index (χ0n) is 11.6. The van der Waals surface area contributed by atoms with E-state index in [0.717, 1.165) is 8.78 Å². The van der Waals surface area contributed by atoms with Crippen LogP contribution < -0.4 is 10.1 Å². The number of nitrogens with zero attached hydrogens (tertiary/aromatic N) is 1. The van der Waals surface area contributed by atoms with Crippen molar-refractivity contribution >= 4 is 26.0 Å². The molecule has 0 heterocycles. The Bertz CT molecular complexity index is 568. The molecule has 0 aliphatic heterocycles. The van der Waals surface area contributed by atoms with Crippen LogP contribution >= 0.6 is 15.9 Å². The molecule has 0 aliphatic carbocycles. The second-order valence-corrected chi connectivity index (χ2v) is 7.62. The number of hydrogen-bond donors (Lipinski definition) is 1. The number of benzene rings is 1. The standard InChI is InChI=1S/C12H17BrF2N2O3S/c1-17(2)21(18,19)6-5-16-8-9-7-10(13)3-4-11(9)20-12(14)15/h3-4,7,12,16H,5-6,8H2,1-2H3. The molecule has 5 nitrogen and oxygen atoms in total. The molecule has 120 valence electrons. The molecule has 0 fully saturated rings. The van der Waals surface area contributed by atoms with Gasteiger partial charge in [-0.3, -0.25) is 0 Å². The van der Waals surface area contributed by atoms with Gasteiger partial charge in [0.1, 0.15) is 5.75 Å². The lowest BCUT2D eigenvalue weighted by Crippen LogP contribution is -2.31. The van der Waals surface area contributed by atoms with Gasteiger partial charge in [-0.15, -0.1) is 0 Å². The quantitative estimate of drug-likeness (QED) is 0.694. The third kappa shape index (κ3) is 6.25. The van der Waals surface area contributed by atoms with Crippen molar-refractivity contribution in [1.82, 2.24) is 9.62 Å². The number of rotatable bonds is 8. The second-order valence-electron chi connectivity index (χ2n) is 4.41. The summed E-state index contributed by atoms with van der Waals surface area (Å²) in [5, 5.41) is 2.90. The Labute approximate surface area is 131 Å². The number of halogens is 3. The molecule has 0 saturated heterocycles. The molecular formula is C12H17BrF2N2O3S. The van der Waals surface area contributed by atoms with Crippen molar-refractivity contribution in [3.05, 3.63) is 28.2 Å². The SMILES string of the molecule is CN(C)S(=O)(=O)CCNCc1cc(Br)ccc1OC(F)F. The third-order valence-corrected chi connectivity index (χ3v) is 4.97. The fourth-order valence-corrected chi connectivity index (χ4v) is 2.68. The minimum absolute atomic E-state index is 0.0659. The van der Waals surface area contributed by atoms with Crippen LogP contribution in [0.3, 0.4) is 0 Å². The average molecular weight is 387 g/mol. The smallest absolute Gasteiger partial charge is 0.387 e. The van der Waals surface area contributed by atoms with E-state index in [-0.39, 0.29) is 24.6 Å². The van der Waals surface area contributed by atoms with Crippen LogP contribution in [0.25, 0.3) is 0 Å². The molecule has 1 aromatic carbocycles. The topological polar surface area (TPSA) is 58.6 Å². The zero-order valence-corrected chi connectivity index (χ0v) is 14.0. The van der Waals surface area contributed by atoms with Crippen LogP contribution in [-0.4, -0.2) is 45.7 Å². The Morgan fingerprint density at radius 1 is 1.38 bits per heavy atom. The summed E-state index contributed by atoms with van der Waals surface area (Å²) in [7, 11) is -0.366. The first-order valence-corrected chi connectivity index (χ1v) is 8.47. The van der Waals surface area contributed by atoms with E-state index in [2.05, 4.69) is 26.0 Å². The number of sulfonamides is 1. The van der Waals surface area contributed by atoms with Crippen LogP contribution in [-0.2, 0) is 16.6 Å². The highest BCUT2D eigenvalue weighted by Crippen LogP contribution is 2.24. The van der Waals surface area contributed by atoms with Crippen LogP contribution in [0, 0.1) is 0 Å². The predicted molar refractivity (Wildman–Crippen MR) is 80.0 cm³/mol. The monoisotopic (exact) mass is 386 g/mol. The van der Waals surface area contributed by atoms with Crippen molar-refractivity contribution in [2.45, 2.75) is 13.2 Å². The number of hydrogen-bond acceptors (Lipinski definition) is 4. The second kappa shape index (κ2) is 8.02. The predicted octanol–water partition coefficient (Wildman–Crippen LogP) is 2.03. The molecule has 0 saturated carbocycles. The molecule has 0 atom stereocenters. The van der Waals surface area contributed by atoms with E-state index in [9.17, 15) is 17.2 Å². The van der Waals surface area contributed by atoms with Gasteiger partial charge in [0.25, 0.3) is 0 Å². The Hall–Kier alpha value is -0.770. The summed E-state index contributed by atoms with van der Waals surface area (Å²) in [6.45, 7) is -2.47. The van der Waals surface area contributed by atoms with Gasteiger partial charge in [0, 0.05) is 37.2 Å². The molecular weight excluding hydrogens is 370 g/mol. The lowest BCUT2D eigenvalue weighted by Gasteiger charge is -2.13. The average Bonchev–Trinajstić information content (AvgIpc) is 2.37. The number of nitrogens with one attached hydrogen (secondary N) is 1. The molecule has 0 bridgehead atoms. The van der Waals surface area contributed by atoms with E-state index in [1.165, 1.54) is 20.2 Å². The lowest BCUT2D eigenvalue weighted by atomic mass is 10.2. The summed E-state index contributed by atoms with van der Waals surface area (Å²) in [5.74, 6) is -0.00450. The van der Waals surface area contributed by atoms with Crippen molar-refractivity contribution in [2.24, 2.45) is 0 Å². The molecule has 21 heavy (non-hydrogen) atoms. The summed E-state index contributed by atoms with van der Waals surface area (Å²) in [4.78, 5) is 0. The van der Waals surface area contributed by atoms with Crippen LogP contribution in [0.4, 0.5) is 8.78 Å². The highest BCUT2D eigenvalue weighted by Gasteiger charge is 2.13. The van der Waals surface area contributed by atoms with Crippen molar-refractivity contribution in [3.8, 4) is 5.75 Å². The highest BCUT2D eigenvalue weighted by molar-refractivity contribution is 9.10. The van der Waals surface area contributed by atoms with E-state index in [0.29, 0.717) is 5.56 Å². The number of ether oxygens (including phenoxy) is 1. The van der Waals surface area contributed by atoms with Crippen LogP contribution in [0.2, 0.25) is 0 Å². The van der Waals surface area contributed by atoms with Gasteiger partial charge in [-0.1, -0.05) is 15.9 Å². The summed E-state index contributed by atoms with van der Waals surface area (Å²) in [5.41, 5.74) is 0.520. The van der Waals surface area contributed by atoms with E-state index in [1.807, 2.05) is 0 Å². The van der Waals surface area contributed by atoms with Crippen LogP contribution in [0.5, 0.6) is 5.75 Å². The van der Waals surface area contributed by atoms with Crippen molar-refractivity contribution in [2.75, 3.05) is 26.4 Å². The molecule has 0 amide bonds.